The fourth-order valence-corrected chi connectivity index (χ4v) is 2.42. The smallest absolute Gasteiger partial charge is 0.146 e. The molecule has 21 heavy (non-hydrogen) atoms. The van der Waals surface area contributed by atoms with Gasteiger partial charge in [0.1, 0.15) is 29.7 Å². The predicted molar refractivity (Wildman–Crippen MR) is 83.9 cm³/mol. The summed E-state index contributed by atoms with van der Waals surface area (Å²) in [5, 5.41) is 3.31. The minimum atomic E-state index is -0.299. The Balaban J connectivity index is 1.95. The number of ether oxygens (including phenoxy) is 1. The van der Waals surface area contributed by atoms with Crippen LogP contribution in [-0.4, -0.2) is 6.54 Å². The van der Waals surface area contributed by atoms with Gasteiger partial charge in [0.15, 0.2) is 0 Å². The Hall–Kier alpha value is -1.33. The minimum absolute atomic E-state index is 0.299. The second-order valence-electron chi connectivity index (χ2n) is 4.86. The van der Waals surface area contributed by atoms with E-state index < -0.39 is 0 Å². The van der Waals surface area contributed by atoms with E-state index in [0.717, 1.165) is 36.6 Å². The summed E-state index contributed by atoms with van der Waals surface area (Å²) in [7, 11) is 0. The van der Waals surface area contributed by atoms with Crippen LogP contribution in [0.25, 0.3) is 0 Å². The van der Waals surface area contributed by atoms with Gasteiger partial charge >= 0.3 is 0 Å². The second-order valence-corrected chi connectivity index (χ2v) is 5.71. The van der Waals surface area contributed by atoms with Crippen molar-refractivity contribution >= 4 is 15.9 Å². The summed E-state index contributed by atoms with van der Waals surface area (Å²) >= 11 is 3.28. The van der Waals surface area contributed by atoms with Gasteiger partial charge in [-0.05, 0) is 65.6 Å². The number of furan rings is 1. The van der Waals surface area contributed by atoms with Gasteiger partial charge < -0.3 is 14.5 Å². The van der Waals surface area contributed by atoms with Crippen LogP contribution in [0, 0.1) is 12.7 Å². The van der Waals surface area contributed by atoms with Gasteiger partial charge in [0.25, 0.3) is 0 Å². The maximum atomic E-state index is 13.0. The average molecular weight is 356 g/mol. The molecule has 1 aromatic carbocycles. The maximum Gasteiger partial charge on any atom is 0.146 e. The largest absolute Gasteiger partial charge is 0.484 e. The number of halogens is 2. The quantitative estimate of drug-likeness (QED) is 0.738. The lowest BCUT2D eigenvalue weighted by Crippen LogP contribution is -2.13. The van der Waals surface area contributed by atoms with Gasteiger partial charge in [-0.15, -0.1) is 0 Å². The van der Waals surface area contributed by atoms with Gasteiger partial charge in [0, 0.05) is 0 Å². The molecule has 2 aromatic rings. The van der Waals surface area contributed by atoms with E-state index in [9.17, 15) is 4.39 Å². The van der Waals surface area contributed by atoms with Crippen LogP contribution in [0.3, 0.4) is 0 Å². The van der Waals surface area contributed by atoms with Gasteiger partial charge in [-0.1, -0.05) is 6.92 Å². The Morgan fingerprint density at radius 1 is 1.33 bits per heavy atom. The van der Waals surface area contributed by atoms with Gasteiger partial charge in [-0.3, -0.25) is 0 Å². The molecule has 0 fully saturated rings. The molecule has 1 aromatic heterocycles. The van der Waals surface area contributed by atoms with Crippen LogP contribution in [-0.2, 0) is 13.2 Å². The van der Waals surface area contributed by atoms with E-state index in [1.807, 2.05) is 13.0 Å². The highest BCUT2D eigenvalue weighted by molar-refractivity contribution is 9.10. The lowest BCUT2D eigenvalue weighted by Gasteiger charge is -2.06. The van der Waals surface area contributed by atoms with Crippen LogP contribution in [0.1, 0.15) is 30.4 Å². The van der Waals surface area contributed by atoms with E-state index in [0.29, 0.717) is 16.8 Å². The molecule has 5 heteroatoms. The summed E-state index contributed by atoms with van der Waals surface area (Å²) in [6, 6.07) is 6.32. The first kappa shape index (κ1) is 16.0. The zero-order valence-corrected chi connectivity index (χ0v) is 13.8. The van der Waals surface area contributed by atoms with E-state index in [-0.39, 0.29) is 5.82 Å². The zero-order valence-electron chi connectivity index (χ0n) is 12.2. The molecule has 1 N–H and O–H groups in total. The van der Waals surface area contributed by atoms with Crippen LogP contribution in [0.2, 0.25) is 0 Å². The van der Waals surface area contributed by atoms with Crippen molar-refractivity contribution in [2.24, 2.45) is 0 Å². The summed E-state index contributed by atoms with van der Waals surface area (Å²) in [5.41, 5.74) is 1.11. The Morgan fingerprint density at radius 2 is 2.14 bits per heavy atom. The highest BCUT2D eigenvalue weighted by Crippen LogP contribution is 2.26. The third kappa shape index (κ3) is 4.58. The third-order valence-electron chi connectivity index (χ3n) is 3.05. The summed E-state index contributed by atoms with van der Waals surface area (Å²) in [4.78, 5) is 0. The zero-order chi connectivity index (χ0) is 15.2. The standard InChI is InChI=1S/C16H19BrFNO2/c1-3-6-19-9-16-11(2)7-13(21-16)10-20-15-5-4-12(18)8-14(15)17/h4-5,7-8,19H,3,6,9-10H2,1-2H3. The van der Waals surface area contributed by atoms with Crippen molar-refractivity contribution in [2.75, 3.05) is 6.54 Å². The Labute approximate surface area is 132 Å². The number of nitrogens with one attached hydrogen (secondary N) is 1. The molecule has 0 bridgehead atoms. The van der Waals surface area contributed by atoms with E-state index in [1.165, 1.54) is 12.1 Å². The highest BCUT2D eigenvalue weighted by atomic mass is 79.9. The van der Waals surface area contributed by atoms with Crippen molar-refractivity contribution in [3.8, 4) is 5.75 Å². The molecular formula is C16H19BrFNO2. The lowest BCUT2D eigenvalue weighted by atomic mass is 10.2. The van der Waals surface area contributed by atoms with Crippen molar-refractivity contribution in [1.29, 1.82) is 0 Å². The molecule has 1 heterocycles. The Morgan fingerprint density at radius 3 is 2.86 bits per heavy atom. The van der Waals surface area contributed by atoms with Gasteiger partial charge in [-0.2, -0.15) is 0 Å². The van der Waals surface area contributed by atoms with Crippen LogP contribution in [0.15, 0.2) is 33.2 Å². The summed E-state index contributed by atoms with van der Waals surface area (Å²) in [5.74, 6) is 1.99. The number of hydrogen-bond donors (Lipinski definition) is 1. The molecular weight excluding hydrogens is 337 g/mol. The summed E-state index contributed by atoms with van der Waals surface area (Å²) in [6.07, 6.45) is 1.09. The second kappa shape index (κ2) is 7.61. The molecule has 0 spiro atoms. The topological polar surface area (TPSA) is 34.4 Å². The molecule has 3 nitrogen and oxygen atoms in total. The molecule has 0 aliphatic rings. The van der Waals surface area contributed by atoms with E-state index in [1.54, 1.807) is 6.07 Å². The van der Waals surface area contributed by atoms with Crippen molar-refractivity contribution in [3.05, 3.63) is 51.6 Å². The van der Waals surface area contributed by atoms with Gasteiger partial charge in [0.05, 0.1) is 11.0 Å². The molecule has 114 valence electrons. The Bertz CT molecular complexity index is 598. The SMILES string of the molecule is CCCNCc1oc(COc2ccc(F)cc2Br)cc1C. The van der Waals surface area contributed by atoms with E-state index in [4.69, 9.17) is 9.15 Å². The van der Waals surface area contributed by atoms with Crippen molar-refractivity contribution < 1.29 is 13.5 Å². The van der Waals surface area contributed by atoms with Crippen molar-refractivity contribution in [1.82, 2.24) is 5.32 Å². The third-order valence-corrected chi connectivity index (χ3v) is 3.67. The van der Waals surface area contributed by atoms with Crippen LogP contribution in [0.4, 0.5) is 4.39 Å². The molecule has 0 amide bonds. The number of aryl methyl sites for hydroxylation is 1. The van der Waals surface area contributed by atoms with Gasteiger partial charge in [0.2, 0.25) is 0 Å². The monoisotopic (exact) mass is 355 g/mol. The lowest BCUT2D eigenvalue weighted by molar-refractivity contribution is 0.263. The van der Waals surface area contributed by atoms with E-state index >= 15 is 0 Å². The molecule has 0 aliphatic heterocycles. The molecule has 0 saturated heterocycles. The summed E-state index contributed by atoms with van der Waals surface area (Å²) in [6.45, 7) is 6.15. The molecule has 0 unspecified atom stereocenters. The normalized spacial score (nSPS) is 10.9. The number of rotatable bonds is 7. The Kier molecular flexibility index (Phi) is 5.82. The van der Waals surface area contributed by atoms with E-state index in [2.05, 4.69) is 28.2 Å². The van der Waals surface area contributed by atoms with Gasteiger partial charge in [-0.25, -0.2) is 4.39 Å². The first-order valence-electron chi connectivity index (χ1n) is 6.97. The number of benzene rings is 1. The molecule has 2 rings (SSSR count). The number of hydrogen-bond acceptors (Lipinski definition) is 3. The highest BCUT2D eigenvalue weighted by Gasteiger charge is 2.09. The van der Waals surface area contributed by atoms with Crippen molar-refractivity contribution in [3.63, 3.8) is 0 Å². The predicted octanol–water partition coefficient (Wildman–Crippen LogP) is 4.57. The molecule has 0 aliphatic carbocycles. The fourth-order valence-electron chi connectivity index (χ4n) is 1.96. The minimum Gasteiger partial charge on any atom is -0.484 e. The first-order chi connectivity index (χ1) is 10.1. The maximum absolute atomic E-state index is 13.0. The van der Waals surface area contributed by atoms with Crippen LogP contribution in [0.5, 0.6) is 5.75 Å². The molecule has 0 saturated carbocycles. The van der Waals surface area contributed by atoms with Crippen LogP contribution >= 0.6 is 15.9 Å². The average Bonchev–Trinajstić information content (AvgIpc) is 2.79. The van der Waals surface area contributed by atoms with Crippen LogP contribution < -0.4 is 10.1 Å². The fraction of sp³-hybridized carbons (Fsp3) is 0.375. The summed E-state index contributed by atoms with van der Waals surface area (Å²) < 4.78 is 25.0. The molecule has 0 radical (unpaired) electrons. The molecule has 0 atom stereocenters. The van der Waals surface area contributed by atoms with Crippen molar-refractivity contribution in [2.45, 2.75) is 33.4 Å². The first-order valence-corrected chi connectivity index (χ1v) is 7.76.